The summed E-state index contributed by atoms with van der Waals surface area (Å²) in [4.78, 5) is 0. The SMILES string of the molecule is CCCCCCCCCCCCCCCCCC[N+]1(CCO)CCNC1. The predicted molar refractivity (Wildman–Crippen MR) is 114 cm³/mol. The number of aliphatic hydroxyl groups excluding tert-OH is 1. The van der Waals surface area contributed by atoms with E-state index in [1.54, 1.807) is 0 Å². The Bertz CT molecular complexity index is 290. The number of aliphatic hydroxyl groups is 1. The molecule has 1 rings (SSSR count). The van der Waals surface area contributed by atoms with E-state index in [9.17, 15) is 5.11 Å². The molecule has 2 N–H and O–H groups in total. The second kappa shape index (κ2) is 17.0. The molecule has 1 fully saturated rings. The Labute approximate surface area is 164 Å². The largest absolute Gasteiger partial charge is 0.391 e. The topological polar surface area (TPSA) is 32.3 Å². The molecule has 0 amide bonds. The molecule has 156 valence electrons. The van der Waals surface area contributed by atoms with Crippen LogP contribution < -0.4 is 5.32 Å². The van der Waals surface area contributed by atoms with Gasteiger partial charge in [-0.1, -0.05) is 96.8 Å². The van der Waals surface area contributed by atoms with Crippen molar-refractivity contribution in [1.82, 2.24) is 5.32 Å². The van der Waals surface area contributed by atoms with Crippen molar-refractivity contribution in [2.75, 3.05) is 39.5 Å². The Kier molecular flexibility index (Phi) is 15.6. The second-order valence-corrected chi connectivity index (χ2v) is 8.70. The van der Waals surface area contributed by atoms with Gasteiger partial charge in [-0.25, -0.2) is 0 Å². The molecule has 0 aliphatic carbocycles. The summed E-state index contributed by atoms with van der Waals surface area (Å²) in [5.41, 5.74) is 0. The number of quaternary nitrogens is 1. The van der Waals surface area contributed by atoms with E-state index in [-0.39, 0.29) is 0 Å². The molecule has 1 atom stereocenters. The minimum atomic E-state index is 0.334. The van der Waals surface area contributed by atoms with Gasteiger partial charge in [-0.15, -0.1) is 0 Å². The van der Waals surface area contributed by atoms with Gasteiger partial charge in [0.15, 0.2) is 0 Å². The summed E-state index contributed by atoms with van der Waals surface area (Å²) in [6, 6.07) is 0. The second-order valence-electron chi connectivity index (χ2n) is 8.70. The summed E-state index contributed by atoms with van der Waals surface area (Å²) < 4.78 is 1.11. The predicted octanol–water partition coefficient (Wildman–Crippen LogP) is 5.62. The van der Waals surface area contributed by atoms with E-state index in [1.165, 1.54) is 116 Å². The van der Waals surface area contributed by atoms with Crippen LogP contribution in [0.25, 0.3) is 0 Å². The first-order valence-corrected chi connectivity index (χ1v) is 12.0. The van der Waals surface area contributed by atoms with Crippen molar-refractivity contribution in [3.8, 4) is 0 Å². The highest BCUT2D eigenvalue weighted by atomic mass is 16.3. The Balaban J connectivity index is 1.77. The van der Waals surface area contributed by atoms with Crippen molar-refractivity contribution < 1.29 is 9.59 Å². The van der Waals surface area contributed by atoms with Crippen LogP contribution in [0.5, 0.6) is 0 Å². The molecule has 0 radical (unpaired) electrons. The molecule has 26 heavy (non-hydrogen) atoms. The molecule has 3 heteroatoms. The van der Waals surface area contributed by atoms with Crippen LogP contribution in [0.15, 0.2) is 0 Å². The number of nitrogens with zero attached hydrogens (tertiary/aromatic N) is 1. The van der Waals surface area contributed by atoms with Gasteiger partial charge >= 0.3 is 0 Å². The zero-order chi connectivity index (χ0) is 18.8. The zero-order valence-electron chi connectivity index (χ0n) is 18.0. The fraction of sp³-hybridized carbons (Fsp3) is 1.00. The summed E-state index contributed by atoms with van der Waals surface area (Å²) in [6.45, 7) is 8.22. The van der Waals surface area contributed by atoms with Gasteiger partial charge < -0.3 is 9.59 Å². The van der Waals surface area contributed by atoms with E-state index in [2.05, 4.69) is 12.2 Å². The highest BCUT2D eigenvalue weighted by Crippen LogP contribution is 2.15. The third-order valence-corrected chi connectivity index (χ3v) is 6.27. The monoisotopic (exact) mass is 369 g/mol. The van der Waals surface area contributed by atoms with Crippen molar-refractivity contribution in [3.63, 3.8) is 0 Å². The van der Waals surface area contributed by atoms with Gasteiger partial charge in [-0.3, -0.25) is 5.32 Å². The average Bonchev–Trinajstić information content (AvgIpc) is 3.10. The molecule has 0 saturated carbocycles. The van der Waals surface area contributed by atoms with Gasteiger partial charge in [-0.05, 0) is 12.8 Å². The summed E-state index contributed by atoms with van der Waals surface area (Å²) in [5, 5.41) is 12.7. The van der Waals surface area contributed by atoms with Crippen LogP contribution in [-0.4, -0.2) is 49.0 Å². The lowest BCUT2D eigenvalue weighted by Crippen LogP contribution is -2.49. The van der Waals surface area contributed by atoms with E-state index in [4.69, 9.17) is 0 Å². The minimum Gasteiger partial charge on any atom is -0.391 e. The molecule has 1 saturated heterocycles. The Morgan fingerprint density at radius 3 is 1.50 bits per heavy atom. The fourth-order valence-electron chi connectivity index (χ4n) is 4.41. The van der Waals surface area contributed by atoms with Crippen LogP contribution in [0.2, 0.25) is 0 Å². The molecule has 3 nitrogen and oxygen atoms in total. The quantitative estimate of drug-likeness (QED) is 0.229. The number of nitrogens with one attached hydrogen (secondary N) is 1. The van der Waals surface area contributed by atoms with Crippen molar-refractivity contribution >= 4 is 0 Å². The van der Waals surface area contributed by atoms with E-state index in [0.29, 0.717) is 6.61 Å². The van der Waals surface area contributed by atoms with Crippen LogP contribution in [0.1, 0.15) is 110 Å². The highest BCUT2D eigenvalue weighted by molar-refractivity contribution is 4.56. The molecule has 0 aromatic heterocycles. The molecule has 1 heterocycles. The standard InChI is InChI=1S/C23H49N2O/c1-2-3-4-5-6-7-8-9-10-11-12-13-14-15-16-17-19-25(21-22-26)20-18-24-23-25/h24,26H,2-23H2,1H3/q+1. The normalized spacial score (nSPS) is 20.1. The van der Waals surface area contributed by atoms with E-state index in [0.717, 1.165) is 24.2 Å². The number of rotatable bonds is 19. The van der Waals surface area contributed by atoms with Crippen LogP contribution in [0, 0.1) is 0 Å². The lowest BCUT2D eigenvalue weighted by atomic mass is 10.0. The van der Waals surface area contributed by atoms with Gasteiger partial charge in [0.05, 0.1) is 19.7 Å². The first-order valence-electron chi connectivity index (χ1n) is 12.0. The maximum Gasteiger partial charge on any atom is 0.132 e. The minimum absolute atomic E-state index is 0.334. The summed E-state index contributed by atoms with van der Waals surface area (Å²) in [6.07, 6.45) is 22.9. The van der Waals surface area contributed by atoms with E-state index < -0.39 is 0 Å². The fourth-order valence-corrected chi connectivity index (χ4v) is 4.41. The van der Waals surface area contributed by atoms with Crippen LogP contribution >= 0.6 is 0 Å². The molecule has 1 aliphatic rings. The summed E-state index contributed by atoms with van der Waals surface area (Å²) in [7, 11) is 0. The van der Waals surface area contributed by atoms with Gasteiger partial charge in [-0.2, -0.15) is 0 Å². The van der Waals surface area contributed by atoms with Crippen molar-refractivity contribution in [2.24, 2.45) is 0 Å². The molecule has 0 aromatic carbocycles. The molecule has 1 unspecified atom stereocenters. The Morgan fingerprint density at radius 2 is 1.12 bits per heavy atom. The van der Waals surface area contributed by atoms with Crippen LogP contribution in [-0.2, 0) is 0 Å². The van der Waals surface area contributed by atoms with E-state index >= 15 is 0 Å². The van der Waals surface area contributed by atoms with Crippen molar-refractivity contribution in [3.05, 3.63) is 0 Å². The Morgan fingerprint density at radius 1 is 0.654 bits per heavy atom. The summed E-state index contributed by atoms with van der Waals surface area (Å²) in [5.74, 6) is 0. The molecule has 0 bridgehead atoms. The molecule has 1 aliphatic heterocycles. The molecule has 0 spiro atoms. The van der Waals surface area contributed by atoms with Gasteiger partial charge in [0, 0.05) is 6.54 Å². The number of unbranched alkanes of at least 4 members (excludes halogenated alkanes) is 15. The summed E-state index contributed by atoms with van der Waals surface area (Å²) >= 11 is 0. The average molecular weight is 370 g/mol. The maximum atomic E-state index is 9.28. The maximum absolute atomic E-state index is 9.28. The first-order chi connectivity index (χ1) is 12.8. The number of hydrogen-bond acceptors (Lipinski definition) is 2. The van der Waals surface area contributed by atoms with Gasteiger partial charge in [0.1, 0.15) is 13.2 Å². The Hall–Kier alpha value is -0.120. The van der Waals surface area contributed by atoms with Crippen molar-refractivity contribution in [1.29, 1.82) is 0 Å². The lowest BCUT2D eigenvalue weighted by Gasteiger charge is -2.32. The smallest absolute Gasteiger partial charge is 0.132 e. The van der Waals surface area contributed by atoms with E-state index in [1.807, 2.05) is 0 Å². The zero-order valence-corrected chi connectivity index (χ0v) is 18.0. The van der Waals surface area contributed by atoms with Crippen LogP contribution in [0.4, 0.5) is 0 Å². The molecular weight excluding hydrogens is 320 g/mol. The van der Waals surface area contributed by atoms with Crippen LogP contribution in [0.3, 0.4) is 0 Å². The van der Waals surface area contributed by atoms with Gasteiger partial charge in [0.25, 0.3) is 0 Å². The van der Waals surface area contributed by atoms with Crippen molar-refractivity contribution in [2.45, 2.75) is 110 Å². The van der Waals surface area contributed by atoms with Gasteiger partial charge in [0.2, 0.25) is 0 Å². The molecular formula is C23H49N2O+. The highest BCUT2D eigenvalue weighted by Gasteiger charge is 2.30. The lowest BCUT2D eigenvalue weighted by molar-refractivity contribution is -0.917. The third kappa shape index (κ3) is 12.3. The molecule has 0 aromatic rings. The number of hydrogen-bond donors (Lipinski definition) is 2. The third-order valence-electron chi connectivity index (χ3n) is 6.27. The first kappa shape index (κ1) is 23.9.